The van der Waals surface area contributed by atoms with Crippen LogP contribution in [0.4, 0.5) is 13.2 Å². The highest BCUT2D eigenvalue weighted by molar-refractivity contribution is 7.88. The first-order valence-corrected chi connectivity index (χ1v) is 6.84. The Balaban J connectivity index is 2.38. The van der Waals surface area contributed by atoms with Crippen LogP contribution in [0.2, 0.25) is 0 Å². The van der Waals surface area contributed by atoms with Gasteiger partial charge in [0.25, 0.3) is 5.88 Å². The van der Waals surface area contributed by atoms with Crippen molar-refractivity contribution in [1.82, 2.24) is 8.75 Å². The van der Waals surface area contributed by atoms with Gasteiger partial charge in [-0.2, -0.15) is 26.0 Å². The summed E-state index contributed by atoms with van der Waals surface area (Å²) < 4.78 is 69.5. The number of halogens is 3. The van der Waals surface area contributed by atoms with Crippen molar-refractivity contribution in [3.05, 3.63) is 30.3 Å². The summed E-state index contributed by atoms with van der Waals surface area (Å²) in [6.07, 6.45) is 0. The number of hydrogen-bond donors (Lipinski definition) is 0. The van der Waals surface area contributed by atoms with E-state index in [4.69, 9.17) is 0 Å². The minimum Gasteiger partial charge on any atom is -0.352 e. The first-order chi connectivity index (χ1) is 8.81. The van der Waals surface area contributed by atoms with Gasteiger partial charge >= 0.3 is 15.6 Å². The second kappa shape index (κ2) is 4.78. The molecule has 0 aliphatic rings. The van der Waals surface area contributed by atoms with Crippen LogP contribution < -0.4 is 4.18 Å². The van der Waals surface area contributed by atoms with Gasteiger partial charge in [-0.1, -0.05) is 30.3 Å². The van der Waals surface area contributed by atoms with E-state index in [1.54, 1.807) is 30.3 Å². The van der Waals surface area contributed by atoms with E-state index < -0.39 is 21.5 Å². The zero-order valence-corrected chi connectivity index (χ0v) is 10.6. The minimum absolute atomic E-state index is 0.0570. The highest BCUT2D eigenvalue weighted by Gasteiger charge is 2.49. The molecular formula is C9H5F3N2O3S2. The molecule has 0 atom stereocenters. The molecule has 102 valence electrons. The zero-order valence-electron chi connectivity index (χ0n) is 8.96. The molecule has 0 saturated carbocycles. The Kier molecular flexibility index (Phi) is 3.45. The predicted octanol–water partition coefficient (Wildman–Crippen LogP) is 2.43. The van der Waals surface area contributed by atoms with E-state index in [1.807, 2.05) is 0 Å². The lowest BCUT2D eigenvalue weighted by Gasteiger charge is -2.07. The van der Waals surface area contributed by atoms with Crippen LogP contribution in [0.5, 0.6) is 5.88 Å². The Morgan fingerprint density at radius 3 is 2.32 bits per heavy atom. The largest absolute Gasteiger partial charge is 0.534 e. The molecule has 19 heavy (non-hydrogen) atoms. The third kappa shape index (κ3) is 2.84. The molecule has 5 nitrogen and oxygen atoms in total. The minimum atomic E-state index is -5.75. The second-order valence-corrected chi connectivity index (χ2v) is 5.33. The van der Waals surface area contributed by atoms with Crippen molar-refractivity contribution in [2.45, 2.75) is 5.51 Å². The Labute approximate surface area is 110 Å². The van der Waals surface area contributed by atoms with E-state index in [1.165, 1.54) is 0 Å². The number of nitrogens with zero attached hydrogens (tertiary/aromatic N) is 2. The molecule has 2 aromatic rings. The van der Waals surface area contributed by atoms with Crippen LogP contribution in [0.15, 0.2) is 30.3 Å². The topological polar surface area (TPSA) is 69.2 Å². The van der Waals surface area contributed by atoms with E-state index in [0.717, 1.165) is 0 Å². The summed E-state index contributed by atoms with van der Waals surface area (Å²) in [6, 6.07) is 8.03. The fourth-order valence-corrected chi connectivity index (χ4v) is 2.13. The van der Waals surface area contributed by atoms with Crippen molar-refractivity contribution in [2.75, 3.05) is 0 Å². The summed E-state index contributed by atoms with van der Waals surface area (Å²) in [7, 11) is -5.75. The van der Waals surface area contributed by atoms with Gasteiger partial charge in [-0.15, -0.1) is 4.37 Å². The van der Waals surface area contributed by atoms with E-state index in [0.29, 0.717) is 17.3 Å². The molecule has 1 aromatic heterocycles. The average Bonchev–Trinajstić information content (AvgIpc) is 2.76. The SMILES string of the molecule is O=S(=O)(Oc1nsnc1-c1ccccc1)C(F)(F)F. The van der Waals surface area contributed by atoms with Crippen LogP contribution in [-0.4, -0.2) is 22.7 Å². The Hall–Kier alpha value is -1.68. The van der Waals surface area contributed by atoms with Crippen LogP contribution in [0, 0.1) is 0 Å². The van der Waals surface area contributed by atoms with Crippen molar-refractivity contribution >= 4 is 21.8 Å². The third-order valence-electron chi connectivity index (χ3n) is 1.98. The summed E-state index contributed by atoms with van der Waals surface area (Å²) in [6.45, 7) is 0. The van der Waals surface area contributed by atoms with E-state index in [9.17, 15) is 21.6 Å². The molecular weight excluding hydrogens is 305 g/mol. The molecule has 0 amide bonds. The molecule has 0 spiro atoms. The molecule has 1 aromatic carbocycles. The predicted molar refractivity (Wildman–Crippen MR) is 60.9 cm³/mol. The summed E-state index contributed by atoms with van der Waals surface area (Å²) in [5.74, 6) is -0.687. The van der Waals surface area contributed by atoms with Gasteiger partial charge in [-0.25, -0.2) is 0 Å². The highest BCUT2D eigenvalue weighted by Crippen LogP contribution is 2.32. The van der Waals surface area contributed by atoms with Crippen molar-refractivity contribution in [3.63, 3.8) is 0 Å². The van der Waals surface area contributed by atoms with Crippen molar-refractivity contribution in [2.24, 2.45) is 0 Å². The number of rotatable bonds is 3. The van der Waals surface area contributed by atoms with Crippen LogP contribution in [0.25, 0.3) is 11.3 Å². The fourth-order valence-electron chi connectivity index (χ4n) is 1.16. The number of benzene rings is 1. The monoisotopic (exact) mass is 310 g/mol. The van der Waals surface area contributed by atoms with Gasteiger partial charge in [0.05, 0.1) is 11.7 Å². The standard InChI is InChI=1S/C9H5F3N2O3S2/c10-9(11,12)19(15,16)17-8-7(13-18-14-8)6-4-2-1-3-5-6/h1-5H. The fraction of sp³-hybridized carbons (Fsp3) is 0.111. The van der Waals surface area contributed by atoms with Gasteiger partial charge in [-0.05, 0) is 0 Å². The van der Waals surface area contributed by atoms with Gasteiger partial charge in [-0.3, -0.25) is 0 Å². The molecule has 0 aliphatic carbocycles. The Morgan fingerprint density at radius 1 is 1.11 bits per heavy atom. The van der Waals surface area contributed by atoms with Crippen LogP contribution in [0.3, 0.4) is 0 Å². The van der Waals surface area contributed by atoms with Crippen molar-refractivity contribution in [1.29, 1.82) is 0 Å². The highest BCUT2D eigenvalue weighted by atomic mass is 32.2. The zero-order chi connectivity index (χ0) is 14.1. The van der Waals surface area contributed by atoms with Gasteiger partial charge in [0.1, 0.15) is 5.69 Å². The van der Waals surface area contributed by atoms with Crippen molar-refractivity contribution < 1.29 is 25.8 Å². The maximum atomic E-state index is 12.2. The molecule has 10 heteroatoms. The molecule has 0 aliphatic heterocycles. The number of aromatic nitrogens is 2. The quantitative estimate of drug-likeness (QED) is 0.643. The second-order valence-electron chi connectivity index (χ2n) is 3.27. The molecule has 0 unspecified atom stereocenters. The summed E-state index contributed by atoms with van der Waals surface area (Å²) in [5, 5.41) is 0. The Morgan fingerprint density at radius 2 is 1.74 bits per heavy atom. The molecule has 0 saturated heterocycles. The molecule has 0 bridgehead atoms. The van der Waals surface area contributed by atoms with E-state index in [2.05, 4.69) is 12.9 Å². The van der Waals surface area contributed by atoms with Crippen LogP contribution >= 0.6 is 11.7 Å². The smallest absolute Gasteiger partial charge is 0.352 e. The first kappa shape index (κ1) is 13.7. The number of alkyl halides is 3. The molecule has 1 heterocycles. The van der Waals surface area contributed by atoms with Gasteiger partial charge in [0.2, 0.25) is 0 Å². The van der Waals surface area contributed by atoms with E-state index in [-0.39, 0.29) is 5.69 Å². The van der Waals surface area contributed by atoms with Gasteiger partial charge in [0.15, 0.2) is 0 Å². The summed E-state index contributed by atoms with van der Waals surface area (Å²) in [5.41, 5.74) is -5.16. The number of hydrogen-bond acceptors (Lipinski definition) is 6. The normalized spacial score (nSPS) is 12.4. The lowest BCUT2D eigenvalue weighted by Crippen LogP contribution is -2.28. The van der Waals surface area contributed by atoms with Crippen LogP contribution in [-0.2, 0) is 10.1 Å². The van der Waals surface area contributed by atoms with E-state index >= 15 is 0 Å². The maximum absolute atomic E-state index is 12.2. The molecule has 2 rings (SSSR count). The molecule has 0 radical (unpaired) electrons. The summed E-state index contributed by atoms with van der Waals surface area (Å²) in [4.78, 5) is 0. The first-order valence-electron chi connectivity index (χ1n) is 4.70. The summed E-state index contributed by atoms with van der Waals surface area (Å²) >= 11 is 0.556. The maximum Gasteiger partial charge on any atom is 0.534 e. The van der Waals surface area contributed by atoms with Gasteiger partial charge in [0, 0.05) is 5.56 Å². The Bertz CT molecular complexity index is 668. The molecule has 0 N–H and O–H groups in total. The van der Waals surface area contributed by atoms with Crippen molar-refractivity contribution in [3.8, 4) is 17.1 Å². The van der Waals surface area contributed by atoms with Crippen LogP contribution in [0.1, 0.15) is 0 Å². The lowest BCUT2D eigenvalue weighted by molar-refractivity contribution is -0.0500. The lowest BCUT2D eigenvalue weighted by atomic mass is 10.2. The third-order valence-corrected chi connectivity index (χ3v) is 3.43. The van der Waals surface area contributed by atoms with Gasteiger partial charge < -0.3 is 4.18 Å². The molecule has 0 fully saturated rings. The average molecular weight is 310 g/mol.